The van der Waals surface area contributed by atoms with Crippen LogP contribution in [0.1, 0.15) is 110 Å². The van der Waals surface area contributed by atoms with E-state index in [1.165, 1.54) is 31.3 Å². The molecule has 0 unspecified atom stereocenters. The third-order valence-electron chi connectivity index (χ3n) is 11.1. The molecule has 0 aliphatic heterocycles. The van der Waals surface area contributed by atoms with Crippen LogP contribution in [0.5, 0.6) is 0 Å². The van der Waals surface area contributed by atoms with Crippen LogP contribution in [0.3, 0.4) is 0 Å². The summed E-state index contributed by atoms with van der Waals surface area (Å²) in [6.07, 6.45) is 15.4. The van der Waals surface area contributed by atoms with Crippen LogP contribution in [-0.4, -0.2) is 39.5 Å². The predicted molar refractivity (Wildman–Crippen MR) is 160 cm³/mol. The normalized spacial score (nSPS) is 34.6. The number of oxazole rings is 1. The fraction of sp³-hybridized carbons (Fsp3) is 0.714. The van der Waals surface area contributed by atoms with Crippen molar-refractivity contribution in [3.05, 3.63) is 53.3 Å². The molecule has 4 fully saturated rings. The fourth-order valence-electron chi connectivity index (χ4n) is 8.41. The van der Waals surface area contributed by atoms with Crippen molar-refractivity contribution in [3.8, 4) is 0 Å². The second-order valence-corrected chi connectivity index (χ2v) is 14.2. The second kappa shape index (κ2) is 11.8. The van der Waals surface area contributed by atoms with Crippen LogP contribution in [-0.2, 0) is 14.9 Å². The van der Waals surface area contributed by atoms with Crippen molar-refractivity contribution in [1.29, 1.82) is 0 Å². The van der Waals surface area contributed by atoms with Gasteiger partial charge in [-0.15, -0.1) is 0 Å². The van der Waals surface area contributed by atoms with Gasteiger partial charge in [-0.3, -0.25) is 4.79 Å². The SMILES string of the molecule is C=C1C(=CC=C2CCC[C@]3(C)[C@@H]([C@H](C)CC[C@@H](OC(=O)C(C)C)C4(c5nc(C)co5)CC4)CC[C@@H]23)C[C@@H](O)C[C@@H]1O. The molecule has 1 aromatic rings. The molecular formula is C35H51NO5. The molecule has 0 aromatic carbocycles. The Morgan fingerprint density at radius 3 is 2.61 bits per heavy atom. The van der Waals surface area contributed by atoms with Gasteiger partial charge in [-0.2, -0.15) is 0 Å². The van der Waals surface area contributed by atoms with Gasteiger partial charge in [0.05, 0.1) is 29.2 Å². The van der Waals surface area contributed by atoms with Gasteiger partial charge >= 0.3 is 5.97 Å². The van der Waals surface area contributed by atoms with Crippen molar-refractivity contribution in [2.24, 2.45) is 29.1 Å². The first kappa shape index (κ1) is 30.3. The van der Waals surface area contributed by atoms with Gasteiger partial charge in [-0.1, -0.05) is 52.0 Å². The Morgan fingerprint density at radius 2 is 1.95 bits per heavy atom. The molecule has 0 spiro atoms. The number of aryl methyl sites for hydroxylation is 1. The monoisotopic (exact) mass is 565 g/mol. The molecule has 7 atom stereocenters. The molecule has 6 heteroatoms. The van der Waals surface area contributed by atoms with Gasteiger partial charge in [0.15, 0.2) is 0 Å². The zero-order chi connectivity index (χ0) is 29.5. The molecule has 0 saturated heterocycles. The Bertz CT molecular complexity index is 1190. The number of rotatable bonds is 9. The number of nitrogens with zero attached hydrogens (tertiary/aromatic N) is 1. The Labute approximate surface area is 246 Å². The second-order valence-electron chi connectivity index (χ2n) is 14.2. The molecule has 1 heterocycles. The zero-order valence-corrected chi connectivity index (χ0v) is 25.8. The number of hydrogen-bond acceptors (Lipinski definition) is 6. The van der Waals surface area contributed by atoms with Crippen molar-refractivity contribution < 1.29 is 24.2 Å². The predicted octanol–water partition coefficient (Wildman–Crippen LogP) is 7.14. The minimum atomic E-state index is -0.650. The maximum Gasteiger partial charge on any atom is 0.308 e. The number of carbonyl (C=O) groups is 1. The van der Waals surface area contributed by atoms with Crippen molar-refractivity contribution in [3.63, 3.8) is 0 Å². The number of esters is 1. The summed E-state index contributed by atoms with van der Waals surface area (Å²) in [6.45, 7) is 14.7. The van der Waals surface area contributed by atoms with E-state index in [0.717, 1.165) is 54.8 Å². The number of aromatic nitrogens is 1. The van der Waals surface area contributed by atoms with Crippen LogP contribution >= 0.6 is 0 Å². The molecule has 0 amide bonds. The number of ether oxygens (including phenoxy) is 1. The van der Waals surface area contributed by atoms with Crippen LogP contribution in [0.4, 0.5) is 0 Å². The molecule has 2 N–H and O–H groups in total. The quantitative estimate of drug-likeness (QED) is 0.309. The van der Waals surface area contributed by atoms with E-state index < -0.39 is 12.2 Å². The lowest BCUT2D eigenvalue weighted by atomic mass is 9.60. The van der Waals surface area contributed by atoms with E-state index in [1.54, 1.807) is 6.26 Å². The van der Waals surface area contributed by atoms with E-state index in [-0.39, 0.29) is 28.8 Å². The number of carbonyl (C=O) groups excluding carboxylic acids is 1. The van der Waals surface area contributed by atoms with Gasteiger partial charge in [0, 0.05) is 6.42 Å². The standard InChI is InChI=1S/C35H51NO5/c1-21(2)32(39)41-31(35(16-17-35)33-36-23(4)20-40-33)14-9-22(3)28-12-13-29-25(8-7-15-34(28,29)6)10-11-26-18-27(37)19-30(38)24(26)5/h10-11,20-22,27-31,37-38H,5,7-9,12-19H2,1-4,6H3/t22-,27-,28-,29+,30+,31-,34-/m1/s1. The maximum absolute atomic E-state index is 12.8. The largest absolute Gasteiger partial charge is 0.461 e. The minimum Gasteiger partial charge on any atom is -0.461 e. The lowest BCUT2D eigenvalue weighted by Gasteiger charge is -2.44. The minimum absolute atomic E-state index is 0.137. The number of hydrogen-bond donors (Lipinski definition) is 2. The fourth-order valence-corrected chi connectivity index (χ4v) is 8.41. The van der Waals surface area contributed by atoms with Crippen molar-refractivity contribution in [1.82, 2.24) is 4.98 Å². The van der Waals surface area contributed by atoms with Crippen molar-refractivity contribution in [2.45, 2.75) is 129 Å². The highest BCUT2D eigenvalue weighted by Gasteiger charge is 2.57. The number of fused-ring (bicyclic) bond motifs is 1. The summed E-state index contributed by atoms with van der Waals surface area (Å²) >= 11 is 0. The Morgan fingerprint density at radius 1 is 1.20 bits per heavy atom. The highest BCUT2D eigenvalue weighted by molar-refractivity contribution is 5.72. The van der Waals surface area contributed by atoms with Crippen molar-refractivity contribution in [2.75, 3.05) is 0 Å². The molecule has 4 aliphatic rings. The van der Waals surface area contributed by atoms with Crippen LogP contribution in [0.15, 0.2) is 46.1 Å². The maximum atomic E-state index is 12.8. The highest BCUT2D eigenvalue weighted by Crippen LogP contribution is 2.60. The van der Waals surface area contributed by atoms with Gasteiger partial charge in [0.2, 0.25) is 5.89 Å². The zero-order valence-electron chi connectivity index (χ0n) is 25.8. The Kier molecular flexibility index (Phi) is 8.74. The topological polar surface area (TPSA) is 92.8 Å². The lowest BCUT2D eigenvalue weighted by Crippen LogP contribution is -2.37. The molecule has 0 radical (unpaired) electrons. The molecule has 4 saturated carbocycles. The number of allylic oxidation sites excluding steroid dienone is 3. The lowest BCUT2D eigenvalue weighted by molar-refractivity contribution is -0.155. The summed E-state index contributed by atoms with van der Waals surface area (Å²) in [4.78, 5) is 17.4. The molecule has 5 rings (SSSR count). The highest BCUT2D eigenvalue weighted by atomic mass is 16.5. The molecule has 6 nitrogen and oxygen atoms in total. The summed E-state index contributed by atoms with van der Waals surface area (Å²) in [6, 6.07) is 0. The number of aliphatic hydroxyl groups is 2. The van der Waals surface area contributed by atoms with E-state index in [4.69, 9.17) is 9.15 Å². The van der Waals surface area contributed by atoms with E-state index >= 15 is 0 Å². The van der Waals surface area contributed by atoms with E-state index in [1.807, 2.05) is 20.8 Å². The third kappa shape index (κ3) is 6.01. The van der Waals surface area contributed by atoms with Crippen LogP contribution < -0.4 is 0 Å². The molecule has 0 bridgehead atoms. The average molecular weight is 566 g/mol. The summed E-state index contributed by atoms with van der Waals surface area (Å²) in [5, 5.41) is 20.4. The third-order valence-corrected chi connectivity index (χ3v) is 11.1. The van der Waals surface area contributed by atoms with Crippen LogP contribution in [0.2, 0.25) is 0 Å². The van der Waals surface area contributed by atoms with Gasteiger partial charge in [0.1, 0.15) is 12.4 Å². The summed E-state index contributed by atoms with van der Waals surface area (Å²) in [7, 11) is 0. The molecule has 4 aliphatic carbocycles. The molecule has 1 aromatic heterocycles. The van der Waals surface area contributed by atoms with Gasteiger partial charge < -0.3 is 19.4 Å². The van der Waals surface area contributed by atoms with Crippen LogP contribution in [0.25, 0.3) is 0 Å². The van der Waals surface area contributed by atoms with Gasteiger partial charge in [-0.25, -0.2) is 4.98 Å². The van der Waals surface area contributed by atoms with E-state index in [2.05, 4.69) is 37.6 Å². The van der Waals surface area contributed by atoms with Crippen molar-refractivity contribution >= 4 is 5.97 Å². The van der Waals surface area contributed by atoms with Gasteiger partial charge in [-0.05, 0) is 105 Å². The van der Waals surface area contributed by atoms with Crippen LogP contribution in [0, 0.1) is 36.0 Å². The molecule has 226 valence electrons. The Hall–Kier alpha value is -2.18. The van der Waals surface area contributed by atoms with Gasteiger partial charge in [0.25, 0.3) is 0 Å². The van der Waals surface area contributed by atoms with E-state index in [9.17, 15) is 15.0 Å². The summed E-state index contributed by atoms with van der Waals surface area (Å²) in [5.74, 6) is 2.14. The Balaban J connectivity index is 1.29. The smallest absolute Gasteiger partial charge is 0.308 e. The average Bonchev–Trinajstić information content (AvgIpc) is 3.47. The molecular weight excluding hydrogens is 514 g/mol. The summed E-state index contributed by atoms with van der Waals surface area (Å²) in [5.41, 5.74) is 4.10. The first-order chi connectivity index (χ1) is 19.4. The van der Waals surface area contributed by atoms with E-state index in [0.29, 0.717) is 30.6 Å². The molecule has 41 heavy (non-hydrogen) atoms. The number of aliphatic hydroxyl groups excluding tert-OH is 2. The first-order valence-corrected chi connectivity index (χ1v) is 16.0. The summed E-state index contributed by atoms with van der Waals surface area (Å²) < 4.78 is 12.0. The first-order valence-electron chi connectivity index (χ1n) is 16.0.